The van der Waals surface area contributed by atoms with Crippen LogP contribution < -0.4 is 5.32 Å². The SMILES string of the molecule is CC(C)(C)c1ccc(CN(CCc2c[nH]c3ccccc23)Cc2nc(C(=O)NCCc3ccccn3)co2)cc1. The van der Waals surface area contributed by atoms with Crippen LogP contribution >= 0.6 is 0 Å². The van der Waals surface area contributed by atoms with Gasteiger partial charge in [-0.2, -0.15) is 0 Å². The summed E-state index contributed by atoms with van der Waals surface area (Å²) < 4.78 is 5.76. The van der Waals surface area contributed by atoms with Crippen molar-refractivity contribution >= 4 is 16.8 Å². The highest BCUT2D eigenvalue weighted by Crippen LogP contribution is 2.23. The molecule has 5 aromatic rings. The standard InChI is InChI=1S/C33H37N5O2/c1-33(2,3)26-13-11-24(12-14-26)21-38(19-16-25-20-36-29-10-5-4-9-28(25)29)22-31-37-30(23-40-31)32(39)35-18-15-27-8-6-7-17-34-27/h4-14,17,20,23,36H,15-16,18-19,21-22H2,1-3H3,(H,35,39). The van der Waals surface area contributed by atoms with Gasteiger partial charge >= 0.3 is 0 Å². The second-order valence-electron chi connectivity index (χ2n) is 11.2. The number of pyridine rings is 1. The summed E-state index contributed by atoms with van der Waals surface area (Å²) in [5.74, 6) is 0.286. The maximum Gasteiger partial charge on any atom is 0.273 e. The summed E-state index contributed by atoms with van der Waals surface area (Å²) in [6, 6.07) is 23.0. The number of hydrogen-bond donors (Lipinski definition) is 2. The van der Waals surface area contributed by atoms with Gasteiger partial charge in [0, 0.05) is 55.0 Å². The molecule has 206 valence electrons. The van der Waals surface area contributed by atoms with Gasteiger partial charge in [0.15, 0.2) is 5.69 Å². The van der Waals surface area contributed by atoms with Crippen LogP contribution in [0.3, 0.4) is 0 Å². The molecule has 0 aliphatic rings. The number of fused-ring (bicyclic) bond motifs is 1. The number of carbonyl (C=O) groups is 1. The Hall–Kier alpha value is -4.23. The lowest BCUT2D eigenvalue weighted by Gasteiger charge is -2.22. The van der Waals surface area contributed by atoms with Gasteiger partial charge in [0.1, 0.15) is 6.26 Å². The number of aromatic amines is 1. The molecule has 0 fully saturated rings. The van der Waals surface area contributed by atoms with Crippen molar-refractivity contribution in [2.45, 2.75) is 52.1 Å². The average molecular weight is 536 g/mol. The van der Waals surface area contributed by atoms with Gasteiger partial charge < -0.3 is 14.7 Å². The molecule has 7 nitrogen and oxygen atoms in total. The fourth-order valence-corrected chi connectivity index (χ4v) is 4.82. The van der Waals surface area contributed by atoms with Gasteiger partial charge in [0.25, 0.3) is 5.91 Å². The van der Waals surface area contributed by atoms with Crippen LogP contribution in [-0.2, 0) is 31.3 Å². The van der Waals surface area contributed by atoms with Crippen molar-refractivity contribution in [1.29, 1.82) is 0 Å². The number of para-hydroxylation sites is 1. The molecule has 0 aliphatic heterocycles. The molecule has 40 heavy (non-hydrogen) atoms. The van der Waals surface area contributed by atoms with Crippen molar-refractivity contribution in [3.63, 3.8) is 0 Å². The number of H-pyrrole nitrogens is 1. The van der Waals surface area contributed by atoms with Crippen LogP contribution in [0.1, 0.15) is 59.5 Å². The fraction of sp³-hybridized carbons (Fsp3) is 0.303. The lowest BCUT2D eigenvalue weighted by atomic mass is 9.87. The van der Waals surface area contributed by atoms with E-state index in [-0.39, 0.29) is 11.3 Å². The van der Waals surface area contributed by atoms with Crippen LogP contribution in [0.25, 0.3) is 10.9 Å². The van der Waals surface area contributed by atoms with Crippen molar-refractivity contribution in [2.75, 3.05) is 13.1 Å². The summed E-state index contributed by atoms with van der Waals surface area (Å²) in [5, 5.41) is 4.16. The zero-order chi connectivity index (χ0) is 28.0. The topological polar surface area (TPSA) is 87.0 Å². The molecule has 0 saturated carbocycles. The zero-order valence-electron chi connectivity index (χ0n) is 23.5. The van der Waals surface area contributed by atoms with Gasteiger partial charge in [-0.1, -0.05) is 69.3 Å². The van der Waals surface area contributed by atoms with E-state index in [1.165, 1.54) is 28.3 Å². The number of hydrogen-bond acceptors (Lipinski definition) is 5. The minimum atomic E-state index is -0.242. The fourth-order valence-electron chi connectivity index (χ4n) is 4.82. The molecule has 0 saturated heterocycles. The number of amides is 1. The number of aromatic nitrogens is 3. The third-order valence-electron chi connectivity index (χ3n) is 7.13. The molecule has 0 aliphatic carbocycles. The van der Waals surface area contributed by atoms with Crippen LogP contribution in [-0.4, -0.2) is 38.8 Å². The van der Waals surface area contributed by atoms with E-state index in [4.69, 9.17) is 4.42 Å². The first-order valence-corrected chi connectivity index (χ1v) is 13.8. The van der Waals surface area contributed by atoms with E-state index in [1.54, 1.807) is 6.20 Å². The zero-order valence-corrected chi connectivity index (χ0v) is 23.5. The lowest BCUT2D eigenvalue weighted by Crippen LogP contribution is -2.27. The summed E-state index contributed by atoms with van der Waals surface area (Å²) >= 11 is 0. The monoisotopic (exact) mass is 535 g/mol. The number of nitrogens with zero attached hydrogens (tertiary/aromatic N) is 3. The van der Waals surface area contributed by atoms with Crippen molar-refractivity contribution in [3.8, 4) is 0 Å². The Morgan fingerprint density at radius 3 is 2.55 bits per heavy atom. The first-order valence-electron chi connectivity index (χ1n) is 13.8. The van der Waals surface area contributed by atoms with Gasteiger partial charge in [0.2, 0.25) is 5.89 Å². The van der Waals surface area contributed by atoms with E-state index in [9.17, 15) is 4.79 Å². The van der Waals surface area contributed by atoms with Gasteiger partial charge in [-0.25, -0.2) is 4.98 Å². The third-order valence-corrected chi connectivity index (χ3v) is 7.13. The van der Waals surface area contributed by atoms with Crippen molar-refractivity contribution in [2.24, 2.45) is 0 Å². The molecular formula is C33H37N5O2. The Labute approximate surface area is 235 Å². The Bertz CT molecular complexity index is 1530. The van der Waals surface area contributed by atoms with E-state index < -0.39 is 0 Å². The molecule has 1 amide bonds. The van der Waals surface area contributed by atoms with Crippen LogP contribution in [0.4, 0.5) is 0 Å². The maximum atomic E-state index is 12.7. The predicted molar refractivity (Wildman–Crippen MR) is 158 cm³/mol. The molecule has 0 spiro atoms. The summed E-state index contributed by atoms with van der Waals surface area (Å²) in [4.78, 5) is 27.2. The van der Waals surface area contributed by atoms with Crippen LogP contribution in [0.15, 0.2) is 89.8 Å². The van der Waals surface area contributed by atoms with Crippen LogP contribution in [0.2, 0.25) is 0 Å². The first kappa shape index (κ1) is 27.3. The lowest BCUT2D eigenvalue weighted by molar-refractivity contribution is 0.0949. The normalized spacial score (nSPS) is 11.8. The average Bonchev–Trinajstić information content (AvgIpc) is 3.59. The van der Waals surface area contributed by atoms with Gasteiger partial charge in [-0.3, -0.25) is 14.7 Å². The molecule has 0 radical (unpaired) electrons. The highest BCUT2D eigenvalue weighted by Gasteiger charge is 2.17. The highest BCUT2D eigenvalue weighted by atomic mass is 16.3. The molecule has 3 aromatic heterocycles. The molecule has 3 heterocycles. The molecular weight excluding hydrogens is 498 g/mol. The molecule has 0 unspecified atom stereocenters. The van der Waals surface area contributed by atoms with Crippen molar-refractivity contribution < 1.29 is 9.21 Å². The summed E-state index contributed by atoms with van der Waals surface area (Å²) in [7, 11) is 0. The van der Waals surface area contributed by atoms with Crippen molar-refractivity contribution in [3.05, 3.63) is 119 Å². The predicted octanol–water partition coefficient (Wildman–Crippen LogP) is 6.07. The van der Waals surface area contributed by atoms with Gasteiger partial charge in [0.05, 0.1) is 6.54 Å². The molecule has 0 atom stereocenters. The Kier molecular flexibility index (Phi) is 8.41. The minimum Gasteiger partial charge on any atom is -0.447 e. The van der Waals surface area contributed by atoms with Crippen LogP contribution in [0.5, 0.6) is 0 Å². The molecule has 2 aromatic carbocycles. The number of benzene rings is 2. The largest absolute Gasteiger partial charge is 0.447 e. The smallest absolute Gasteiger partial charge is 0.273 e. The van der Waals surface area contributed by atoms with Crippen molar-refractivity contribution in [1.82, 2.24) is 25.2 Å². The summed E-state index contributed by atoms with van der Waals surface area (Å²) in [5.41, 5.74) is 6.31. The Morgan fingerprint density at radius 1 is 0.975 bits per heavy atom. The first-order chi connectivity index (χ1) is 19.3. The highest BCUT2D eigenvalue weighted by molar-refractivity contribution is 5.91. The number of nitrogens with one attached hydrogen (secondary N) is 2. The third kappa shape index (κ3) is 7.04. The van der Waals surface area contributed by atoms with Crippen LogP contribution in [0, 0.1) is 0 Å². The molecule has 0 bridgehead atoms. The van der Waals surface area contributed by atoms with E-state index in [0.29, 0.717) is 31.1 Å². The second-order valence-corrected chi connectivity index (χ2v) is 11.2. The number of oxazole rings is 1. The minimum absolute atomic E-state index is 0.111. The van der Waals surface area contributed by atoms with E-state index in [2.05, 4.69) is 94.6 Å². The van der Waals surface area contributed by atoms with Gasteiger partial charge in [-0.05, 0) is 46.7 Å². The number of rotatable bonds is 11. The van der Waals surface area contributed by atoms with E-state index in [1.807, 2.05) is 24.3 Å². The van der Waals surface area contributed by atoms with E-state index in [0.717, 1.165) is 30.7 Å². The Balaban J connectivity index is 1.25. The van der Waals surface area contributed by atoms with Gasteiger partial charge in [-0.15, -0.1) is 0 Å². The number of carbonyl (C=O) groups excluding carboxylic acids is 1. The summed E-state index contributed by atoms with van der Waals surface area (Å²) in [6.45, 7) is 9.24. The van der Waals surface area contributed by atoms with E-state index >= 15 is 0 Å². The molecule has 5 rings (SSSR count). The maximum absolute atomic E-state index is 12.7. The molecule has 2 N–H and O–H groups in total. The summed E-state index contributed by atoms with van der Waals surface area (Å²) in [6.07, 6.45) is 6.84. The molecule has 7 heteroatoms. The Morgan fingerprint density at radius 2 is 1.77 bits per heavy atom. The quantitative estimate of drug-likeness (QED) is 0.215. The second kappa shape index (κ2) is 12.3.